The maximum Gasteiger partial charge on any atom is 0.308 e. The number of hydrogen-bond donors (Lipinski definition) is 1. The summed E-state index contributed by atoms with van der Waals surface area (Å²) in [4.78, 5) is 49.5. The highest BCUT2D eigenvalue weighted by Crippen LogP contribution is 2.24. The normalized spacial score (nSPS) is 12.5. The highest BCUT2D eigenvalue weighted by atomic mass is 16.5. The molecule has 0 fully saturated rings. The number of ether oxygens (including phenoxy) is 2. The molecule has 0 saturated heterocycles. The van der Waals surface area contributed by atoms with Crippen molar-refractivity contribution in [2.45, 2.75) is 13.3 Å². The summed E-state index contributed by atoms with van der Waals surface area (Å²) >= 11 is 0. The van der Waals surface area contributed by atoms with Crippen LogP contribution in [-0.4, -0.2) is 48.3 Å². The molecule has 1 aliphatic rings. The predicted octanol–water partition coefficient (Wildman–Crippen LogP) is 2.25. The van der Waals surface area contributed by atoms with E-state index in [0.717, 1.165) is 4.90 Å². The Bertz CT molecular complexity index is 921. The number of esters is 1. The fourth-order valence-electron chi connectivity index (χ4n) is 2.90. The van der Waals surface area contributed by atoms with E-state index < -0.39 is 30.3 Å². The highest BCUT2D eigenvalue weighted by Gasteiger charge is 2.35. The number of imide groups is 1. The zero-order chi connectivity index (χ0) is 20.8. The van der Waals surface area contributed by atoms with Gasteiger partial charge < -0.3 is 14.8 Å². The zero-order valence-electron chi connectivity index (χ0n) is 15.8. The molecule has 0 aliphatic carbocycles. The SMILES string of the molecule is CCOc1ccccc1NC(=O)COC(=O)CCN1C(=O)c2ccccc2C1=O. The third-order valence-electron chi connectivity index (χ3n) is 4.24. The molecule has 0 saturated carbocycles. The maximum absolute atomic E-state index is 12.3. The minimum atomic E-state index is -0.685. The number of nitrogens with one attached hydrogen (secondary N) is 1. The van der Waals surface area contributed by atoms with Crippen molar-refractivity contribution < 1.29 is 28.7 Å². The van der Waals surface area contributed by atoms with Crippen LogP contribution in [0.4, 0.5) is 5.69 Å². The van der Waals surface area contributed by atoms with Crippen LogP contribution < -0.4 is 10.1 Å². The van der Waals surface area contributed by atoms with E-state index in [4.69, 9.17) is 9.47 Å². The third-order valence-corrected chi connectivity index (χ3v) is 4.24. The van der Waals surface area contributed by atoms with E-state index in [1.165, 1.54) is 0 Å². The van der Waals surface area contributed by atoms with E-state index in [-0.39, 0.29) is 13.0 Å². The minimum absolute atomic E-state index is 0.111. The van der Waals surface area contributed by atoms with E-state index in [1.807, 2.05) is 6.92 Å². The van der Waals surface area contributed by atoms with Gasteiger partial charge in [-0.05, 0) is 31.2 Å². The Morgan fingerprint density at radius 1 is 0.966 bits per heavy atom. The number of nitrogens with zero attached hydrogens (tertiary/aromatic N) is 1. The zero-order valence-corrected chi connectivity index (χ0v) is 15.8. The summed E-state index contributed by atoms with van der Waals surface area (Å²) in [5.74, 6) is -1.58. The van der Waals surface area contributed by atoms with Crippen LogP contribution in [0.5, 0.6) is 5.75 Å². The monoisotopic (exact) mass is 396 g/mol. The Hall–Kier alpha value is -3.68. The average molecular weight is 396 g/mol. The standard InChI is InChI=1S/C21H20N2O6/c1-2-28-17-10-6-5-9-16(17)22-18(24)13-29-19(25)11-12-23-20(26)14-7-3-4-8-15(14)21(23)27/h3-10H,2,11-13H2,1H3,(H,22,24). The van der Waals surface area contributed by atoms with Crippen molar-refractivity contribution in [2.75, 3.05) is 25.1 Å². The quantitative estimate of drug-likeness (QED) is 0.542. The first kappa shape index (κ1) is 20.1. The summed E-state index contributed by atoms with van der Waals surface area (Å²) in [5.41, 5.74) is 1.11. The van der Waals surface area contributed by atoms with Gasteiger partial charge in [-0.25, -0.2) is 0 Å². The van der Waals surface area contributed by atoms with E-state index >= 15 is 0 Å². The van der Waals surface area contributed by atoms with Gasteiger partial charge in [0.2, 0.25) is 0 Å². The molecule has 2 aromatic rings. The van der Waals surface area contributed by atoms with Crippen molar-refractivity contribution in [2.24, 2.45) is 0 Å². The van der Waals surface area contributed by atoms with Gasteiger partial charge in [-0.15, -0.1) is 0 Å². The number of hydrogen-bond acceptors (Lipinski definition) is 6. The van der Waals surface area contributed by atoms with Gasteiger partial charge >= 0.3 is 5.97 Å². The van der Waals surface area contributed by atoms with Crippen LogP contribution in [0.15, 0.2) is 48.5 Å². The van der Waals surface area contributed by atoms with Gasteiger partial charge in [0.25, 0.3) is 17.7 Å². The summed E-state index contributed by atoms with van der Waals surface area (Å²) in [6, 6.07) is 13.4. The number of carbonyl (C=O) groups excluding carboxylic acids is 4. The Labute approximate surface area is 167 Å². The van der Waals surface area contributed by atoms with E-state index in [9.17, 15) is 19.2 Å². The molecule has 29 heavy (non-hydrogen) atoms. The van der Waals surface area contributed by atoms with Gasteiger partial charge in [-0.3, -0.25) is 24.1 Å². The van der Waals surface area contributed by atoms with E-state index in [1.54, 1.807) is 48.5 Å². The van der Waals surface area contributed by atoms with Crippen molar-refractivity contribution in [1.82, 2.24) is 4.90 Å². The lowest BCUT2D eigenvalue weighted by Crippen LogP contribution is -2.32. The summed E-state index contributed by atoms with van der Waals surface area (Å²) in [5, 5.41) is 2.61. The van der Waals surface area contributed by atoms with Crippen LogP contribution >= 0.6 is 0 Å². The molecule has 1 N–H and O–H groups in total. The van der Waals surface area contributed by atoms with Crippen molar-refractivity contribution >= 4 is 29.4 Å². The number of benzene rings is 2. The van der Waals surface area contributed by atoms with Gasteiger partial charge in [-0.1, -0.05) is 24.3 Å². The van der Waals surface area contributed by atoms with Gasteiger partial charge in [0.05, 0.1) is 29.8 Å². The molecule has 0 spiro atoms. The van der Waals surface area contributed by atoms with Crippen molar-refractivity contribution in [3.05, 3.63) is 59.7 Å². The summed E-state index contributed by atoms with van der Waals surface area (Å²) < 4.78 is 10.4. The Morgan fingerprint density at radius 3 is 2.24 bits per heavy atom. The summed E-state index contributed by atoms with van der Waals surface area (Å²) in [6.07, 6.45) is -0.200. The third kappa shape index (κ3) is 4.60. The molecule has 0 bridgehead atoms. The lowest BCUT2D eigenvalue weighted by molar-refractivity contribution is -0.147. The van der Waals surface area contributed by atoms with Gasteiger partial charge in [0.1, 0.15) is 5.75 Å². The fraction of sp³-hybridized carbons (Fsp3) is 0.238. The maximum atomic E-state index is 12.3. The molecule has 8 heteroatoms. The molecule has 3 amide bonds. The molecular formula is C21H20N2O6. The number of carbonyl (C=O) groups is 4. The number of fused-ring (bicyclic) bond motifs is 1. The average Bonchev–Trinajstić information content (AvgIpc) is 2.97. The minimum Gasteiger partial charge on any atom is -0.492 e. The van der Waals surface area contributed by atoms with Crippen LogP contribution in [0, 0.1) is 0 Å². The van der Waals surface area contributed by atoms with Crippen LogP contribution in [0.25, 0.3) is 0 Å². The molecule has 3 rings (SSSR count). The second kappa shape index (κ2) is 9.01. The molecule has 0 unspecified atom stereocenters. The van der Waals surface area contributed by atoms with Gasteiger partial charge in [-0.2, -0.15) is 0 Å². The first-order chi connectivity index (χ1) is 14.0. The first-order valence-corrected chi connectivity index (χ1v) is 9.13. The summed E-state index contributed by atoms with van der Waals surface area (Å²) in [6.45, 7) is 1.68. The fourth-order valence-corrected chi connectivity index (χ4v) is 2.90. The predicted molar refractivity (Wildman–Crippen MR) is 104 cm³/mol. The first-order valence-electron chi connectivity index (χ1n) is 9.13. The lowest BCUT2D eigenvalue weighted by Gasteiger charge is -2.13. The smallest absolute Gasteiger partial charge is 0.308 e. The lowest BCUT2D eigenvalue weighted by atomic mass is 10.1. The second-order valence-corrected chi connectivity index (χ2v) is 6.20. The second-order valence-electron chi connectivity index (χ2n) is 6.20. The van der Waals surface area contributed by atoms with Crippen molar-refractivity contribution in [1.29, 1.82) is 0 Å². The molecule has 150 valence electrons. The molecule has 8 nitrogen and oxygen atoms in total. The Balaban J connectivity index is 1.47. The van der Waals surface area contributed by atoms with E-state index in [2.05, 4.69) is 5.32 Å². The molecule has 0 aromatic heterocycles. The van der Waals surface area contributed by atoms with E-state index in [0.29, 0.717) is 29.2 Å². The van der Waals surface area contributed by atoms with Crippen LogP contribution in [0.3, 0.4) is 0 Å². The molecule has 1 aliphatic heterocycles. The van der Waals surface area contributed by atoms with Crippen LogP contribution in [-0.2, 0) is 14.3 Å². The molecule has 0 radical (unpaired) electrons. The van der Waals surface area contributed by atoms with Gasteiger partial charge in [0, 0.05) is 6.54 Å². The number of rotatable bonds is 8. The van der Waals surface area contributed by atoms with Gasteiger partial charge in [0.15, 0.2) is 6.61 Å². The Kier molecular flexibility index (Phi) is 6.23. The highest BCUT2D eigenvalue weighted by molar-refractivity contribution is 6.21. The Morgan fingerprint density at radius 2 is 1.59 bits per heavy atom. The van der Waals surface area contributed by atoms with Crippen molar-refractivity contribution in [3.63, 3.8) is 0 Å². The van der Waals surface area contributed by atoms with Crippen molar-refractivity contribution in [3.8, 4) is 5.75 Å². The number of anilines is 1. The summed E-state index contributed by atoms with van der Waals surface area (Å²) in [7, 11) is 0. The molecule has 0 atom stereocenters. The molecule has 1 heterocycles. The van der Waals surface area contributed by atoms with Crippen LogP contribution in [0.2, 0.25) is 0 Å². The molecule has 2 aromatic carbocycles. The largest absolute Gasteiger partial charge is 0.492 e. The molecular weight excluding hydrogens is 376 g/mol. The van der Waals surface area contributed by atoms with Crippen LogP contribution in [0.1, 0.15) is 34.1 Å². The number of para-hydroxylation sites is 2. The number of amides is 3. The topological polar surface area (TPSA) is 102 Å².